The summed E-state index contributed by atoms with van der Waals surface area (Å²) in [5, 5.41) is 1.34. The number of rotatable bonds is 5. The van der Waals surface area contributed by atoms with Crippen LogP contribution in [0.2, 0.25) is 19.6 Å². The van der Waals surface area contributed by atoms with Gasteiger partial charge in [-0.1, -0.05) is 88.9 Å². The van der Waals surface area contributed by atoms with E-state index in [1.54, 1.807) is 6.20 Å². The van der Waals surface area contributed by atoms with Crippen LogP contribution in [0.25, 0.3) is 55.9 Å². The third-order valence-corrected chi connectivity index (χ3v) is 10.2. The number of H-pyrrole nitrogens is 1. The van der Waals surface area contributed by atoms with Gasteiger partial charge in [-0.15, -0.1) is 0 Å². The summed E-state index contributed by atoms with van der Waals surface area (Å²) in [6, 6.07) is 29.7. The van der Waals surface area contributed by atoms with E-state index >= 15 is 0 Å². The van der Waals surface area contributed by atoms with E-state index in [-0.39, 0.29) is 11.0 Å². The van der Waals surface area contributed by atoms with Crippen LogP contribution in [0.5, 0.6) is 0 Å². The number of aromatic amines is 1. The maximum Gasteiger partial charge on any atom is 0.258 e. The number of pyridine rings is 2. The largest absolute Gasteiger partial charge is 0.328 e. The smallest absolute Gasteiger partial charge is 0.258 e. The van der Waals surface area contributed by atoms with Gasteiger partial charge in [0.1, 0.15) is 5.82 Å². The fourth-order valence-corrected chi connectivity index (χ4v) is 6.54. The molecule has 3 heterocycles. The van der Waals surface area contributed by atoms with Gasteiger partial charge in [0.2, 0.25) is 0 Å². The first-order valence-corrected chi connectivity index (χ1v) is 18.3. The Morgan fingerprint density at radius 2 is 1.49 bits per heavy atom. The van der Waals surface area contributed by atoms with Crippen molar-refractivity contribution in [3.8, 4) is 44.9 Å². The molecule has 0 unspecified atom stereocenters. The molecular weight excluding hydrogens is 545 g/mol. The third-order valence-electron chi connectivity index (χ3n) is 8.20. The number of aromatic nitrogens is 4. The lowest BCUT2D eigenvalue weighted by atomic mass is 9.87. The van der Waals surface area contributed by atoms with E-state index < -0.39 is 8.07 Å². The molecule has 0 amide bonds. The van der Waals surface area contributed by atoms with Crippen LogP contribution >= 0.6 is 0 Å². The molecule has 6 heteroatoms. The van der Waals surface area contributed by atoms with E-state index in [1.165, 1.54) is 5.19 Å². The molecule has 5 nitrogen and oxygen atoms in total. The molecule has 6 rings (SSSR count). The lowest BCUT2D eigenvalue weighted by Gasteiger charge is -2.19. The Hall–Kier alpha value is -4.55. The number of imidazole rings is 1. The Morgan fingerprint density at radius 3 is 2.16 bits per heavy atom. The van der Waals surface area contributed by atoms with Crippen LogP contribution in [0.15, 0.2) is 102 Å². The molecule has 1 N–H and O–H groups in total. The van der Waals surface area contributed by atoms with Gasteiger partial charge in [0.05, 0.1) is 30.4 Å². The van der Waals surface area contributed by atoms with Crippen molar-refractivity contribution in [1.29, 1.82) is 0 Å². The maximum absolute atomic E-state index is 13.1. The van der Waals surface area contributed by atoms with E-state index in [1.807, 2.05) is 29.9 Å². The van der Waals surface area contributed by atoms with Crippen LogP contribution in [-0.4, -0.2) is 27.6 Å². The average molecular weight is 583 g/mol. The van der Waals surface area contributed by atoms with Gasteiger partial charge in [-0.2, -0.15) is 0 Å². The Kier molecular flexibility index (Phi) is 7.05. The highest BCUT2D eigenvalue weighted by Crippen LogP contribution is 2.36. The van der Waals surface area contributed by atoms with E-state index in [4.69, 9.17) is 9.97 Å². The maximum atomic E-state index is 13.1. The zero-order chi connectivity index (χ0) is 30.5. The van der Waals surface area contributed by atoms with Crippen LogP contribution in [0.3, 0.4) is 0 Å². The Labute approximate surface area is 254 Å². The van der Waals surface area contributed by atoms with Crippen LogP contribution in [0, 0.1) is 0 Å². The van der Waals surface area contributed by atoms with Gasteiger partial charge >= 0.3 is 0 Å². The molecule has 0 aliphatic rings. The molecule has 3 aromatic heterocycles. The summed E-state index contributed by atoms with van der Waals surface area (Å²) in [6.45, 7) is 13.4. The third kappa shape index (κ3) is 5.51. The zero-order valence-corrected chi connectivity index (χ0v) is 27.0. The summed E-state index contributed by atoms with van der Waals surface area (Å²) in [6.07, 6.45) is 3.85. The highest BCUT2D eigenvalue weighted by atomic mass is 28.3. The van der Waals surface area contributed by atoms with Gasteiger partial charge in [0, 0.05) is 30.6 Å². The van der Waals surface area contributed by atoms with Crippen molar-refractivity contribution in [2.24, 2.45) is 7.05 Å². The van der Waals surface area contributed by atoms with Crippen LogP contribution in [0.1, 0.15) is 26.3 Å². The minimum atomic E-state index is -1.46. The number of hydrogen-bond acceptors (Lipinski definition) is 3. The predicted molar refractivity (Wildman–Crippen MR) is 183 cm³/mol. The van der Waals surface area contributed by atoms with Crippen molar-refractivity contribution < 1.29 is 0 Å². The quantitative estimate of drug-likeness (QED) is 0.209. The van der Waals surface area contributed by atoms with E-state index in [9.17, 15) is 4.79 Å². The van der Waals surface area contributed by atoms with E-state index in [0.29, 0.717) is 11.4 Å². The lowest BCUT2D eigenvalue weighted by molar-refractivity contribution is 0.587. The van der Waals surface area contributed by atoms with Gasteiger partial charge in [0.25, 0.3) is 5.56 Å². The topological polar surface area (TPSA) is 63.6 Å². The molecule has 0 spiro atoms. The molecule has 0 bridgehead atoms. The minimum absolute atomic E-state index is 0.107. The second-order valence-electron chi connectivity index (χ2n) is 13.4. The number of aryl methyl sites for hydroxylation is 1. The van der Waals surface area contributed by atoms with Gasteiger partial charge in [-0.05, 0) is 69.3 Å². The second-order valence-corrected chi connectivity index (χ2v) is 18.5. The first-order valence-electron chi connectivity index (χ1n) is 14.8. The van der Waals surface area contributed by atoms with Crippen molar-refractivity contribution >= 4 is 24.3 Å². The molecule has 0 fully saturated rings. The molecule has 0 radical (unpaired) electrons. The number of fused-ring (bicyclic) bond motifs is 1. The lowest BCUT2D eigenvalue weighted by Crippen LogP contribution is -2.37. The first-order chi connectivity index (χ1) is 20.4. The van der Waals surface area contributed by atoms with Gasteiger partial charge in [-0.3, -0.25) is 9.78 Å². The van der Waals surface area contributed by atoms with Crippen molar-refractivity contribution in [2.45, 2.75) is 45.8 Å². The van der Waals surface area contributed by atoms with Crippen molar-refractivity contribution in [1.82, 2.24) is 19.5 Å². The van der Waals surface area contributed by atoms with E-state index in [0.717, 1.165) is 50.1 Å². The van der Waals surface area contributed by atoms with Crippen LogP contribution in [-0.2, 0) is 12.5 Å². The molecule has 3 aromatic carbocycles. The average Bonchev–Trinajstić information content (AvgIpc) is 3.32. The number of para-hydroxylation sites is 1. The SMILES string of the molecule is Cn1c(-c2cc(C(C)(C)C)c[nH]c2=O)nc2c(-c3cc(-c4ccccc4)cc(-c4ccc([Si](C)(C)C)cn4)c3)cccc21. The number of benzene rings is 3. The Bertz CT molecular complexity index is 2010. The number of hydrogen-bond donors (Lipinski definition) is 1. The number of nitrogens with zero attached hydrogens (tertiary/aromatic N) is 3. The fourth-order valence-electron chi connectivity index (χ4n) is 5.51. The summed E-state index contributed by atoms with van der Waals surface area (Å²) >= 11 is 0. The molecule has 0 saturated carbocycles. The van der Waals surface area contributed by atoms with Crippen LogP contribution < -0.4 is 10.7 Å². The molecule has 216 valence electrons. The standard InChI is InChI=1S/C37H38N4OSi/c1-37(2,3)28-21-31(36(42)39-22-28)35-40-34-30(14-11-15-33(34)41(35)4)26-18-25(24-12-9-8-10-13-24)19-27(20-26)32-17-16-29(23-38-32)43(5,6)7/h8-23H,1-7H3,(H,39,42). The van der Waals surface area contributed by atoms with Gasteiger partial charge < -0.3 is 9.55 Å². The molecule has 0 aliphatic heterocycles. The fraction of sp³-hybridized carbons (Fsp3) is 0.216. The first kappa shape index (κ1) is 28.6. The summed E-state index contributed by atoms with van der Waals surface area (Å²) in [5.41, 5.74) is 9.54. The highest BCUT2D eigenvalue weighted by Gasteiger charge is 2.21. The van der Waals surface area contributed by atoms with Crippen molar-refractivity contribution in [2.75, 3.05) is 0 Å². The van der Waals surface area contributed by atoms with Gasteiger partial charge in [0.15, 0.2) is 0 Å². The van der Waals surface area contributed by atoms with Crippen molar-refractivity contribution in [3.63, 3.8) is 0 Å². The van der Waals surface area contributed by atoms with E-state index in [2.05, 4.69) is 118 Å². The highest BCUT2D eigenvalue weighted by molar-refractivity contribution is 6.88. The Morgan fingerprint density at radius 1 is 0.767 bits per heavy atom. The van der Waals surface area contributed by atoms with Crippen molar-refractivity contribution in [3.05, 3.63) is 113 Å². The normalized spacial score (nSPS) is 12.2. The number of nitrogens with one attached hydrogen (secondary N) is 1. The summed E-state index contributed by atoms with van der Waals surface area (Å²) in [5.74, 6) is 0.651. The second kappa shape index (κ2) is 10.6. The minimum Gasteiger partial charge on any atom is -0.328 e. The monoisotopic (exact) mass is 582 g/mol. The van der Waals surface area contributed by atoms with Crippen LogP contribution in [0.4, 0.5) is 0 Å². The zero-order valence-electron chi connectivity index (χ0n) is 26.0. The molecule has 43 heavy (non-hydrogen) atoms. The molecular formula is C37H38N4OSi. The van der Waals surface area contributed by atoms with Gasteiger partial charge in [-0.25, -0.2) is 4.98 Å². The summed E-state index contributed by atoms with van der Waals surface area (Å²) in [7, 11) is 0.518. The molecule has 0 aliphatic carbocycles. The summed E-state index contributed by atoms with van der Waals surface area (Å²) in [4.78, 5) is 26.0. The molecule has 6 aromatic rings. The molecule has 0 saturated heterocycles. The predicted octanol–water partition coefficient (Wildman–Crippen LogP) is 8.17. The molecule has 0 atom stereocenters. The Balaban J connectivity index is 1.55. The summed E-state index contributed by atoms with van der Waals surface area (Å²) < 4.78 is 2.02.